The lowest BCUT2D eigenvalue weighted by Gasteiger charge is -2.28. The Morgan fingerprint density at radius 1 is 0.964 bits per heavy atom. The number of carbonyl (C=O) groups is 1. The molecule has 28 heavy (non-hydrogen) atoms. The van der Waals surface area contributed by atoms with Gasteiger partial charge in [-0.2, -0.15) is 0 Å². The van der Waals surface area contributed by atoms with Crippen LogP contribution < -0.4 is 5.32 Å². The highest BCUT2D eigenvalue weighted by atomic mass is 16.2. The minimum Gasteiger partial charge on any atom is -0.367 e. The highest BCUT2D eigenvalue weighted by Gasteiger charge is 2.26. The zero-order valence-electron chi connectivity index (χ0n) is 15.6. The SMILES string of the molecule is O=C(c1cc(NC2CC2)nc(-c2ccccc2)n1)N1CCc2ccccc2C1. The fourth-order valence-electron chi connectivity index (χ4n) is 3.61. The van der Waals surface area contributed by atoms with E-state index >= 15 is 0 Å². The molecule has 1 N–H and O–H groups in total. The van der Waals surface area contributed by atoms with Gasteiger partial charge in [0.2, 0.25) is 0 Å². The number of hydrogen-bond acceptors (Lipinski definition) is 4. The van der Waals surface area contributed by atoms with Crippen molar-refractivity contribution in [2.45, 2.75) is 31.8 Å². The molecule has 5 rings (SSSR count). The number of nitrogens with zero attached hydrogens (tertiary/aromatic N) is 3. The molecule has 1 aromatic heterocycles. The van der Waals surface area contributed by atoms with E-state index in [1.807, 2.05) is 41.3 Å². The van der Waals surface area contributed by atoms with E-state index in [1.165, 1.54) is 11.1 Å². The van der Waals surface area contributed by atoms with Crippen LogP contribution in [-0.2, 0) is 13.0 Å². The predicted molar refractivity (Wildman–Crippen MR) is 109 cm³/mol. The van der Waals surface area contributed by atoms with Gasteiger partial charge in [-0.15, -0.1) is 0 Å². The second kappa shape index (κ2) is 7.08. The summed E-state index contributed by atoms with van der Waals surface area (Å²) in [6.07, 6.45) is 3.18. The third-order valence-corrected chi connectivity index (χ3v) is 5.32. The molecule has 0 unspecified atom stereocenters. The van der Waals surface area contributed by atoms with Crippen LogP contribution in [0.5, 0.6) is 0 Å². The minimum atomic E-state index is -0.0343. The fraction of sp³-hybridized carbons (Fsp3) is 0.261. The van der Waals surface area contributed by atoms with E-state index < -0.39 is 0 Å². The van der Waals surface area contributed by atoms with Gasteiger partial charge in [-0.1, -0.05) is 54.6 Å². The second-order valence-corrected chi connectivity index (χ2v) is 7.49. The molecule has 5 heteroatoms. The highest BCUT2D eigenvalue weighted by Crippen LogP contribution is 2.26. The van der Waals surface area contributed by atoms with Gasteiger partial charge < -0.3 is 10.2 Å². The molecule has 5 nitrogen and oxygen atoms in total. The Labute approximate surface area is 164 Å². The van der Waals surface area contributed by atoms with Crippen LogP contribution in [-0.4, -0.2) is 33.4 Å². The third kappa shape index (κ3) is 3.48. The number of carbonyl (C=O) groups excluding carboxylic acids is 1. The van der Waals surface area contributed by atoms with Crippen molar-refractivity contribution >= 4 is 11.7 Å². The van der Waals surface area contributed by atoms with Gasteiger partial charge in [0.05, 0.1) is 0 Å². The quantitative estimate of drug-likeness (QED) is 0.756. The summed E-state index contributed by atoms with van der Waals surface area (Å²) < 4.78 is 0. The van der Waals surface area contributed by atoms with Gasteiger partial charge in [-0.3, -0.25) is 4.79 Å². The molecule has 1 aliphatic heterocycles. The van der Waals surface area contributed by atoms with E-state index in [4.69, 9.17) is 0 Å². The average Bonchev–Trinajstić information content (AvgIpc) is 3.57. The van der Waals surface area contributed by atoms with Crippen LogP contribution in [0.15, 0.2) is 60.7 Å². The standard InChI is InChI=1S/C23H22N4O/c28-23(27-13-12-16-6-4-5-9-18(16)15-27)20-14-21(24-19-10-11-19)26-22(25-20)17-7-2-1-3-8-17/h1-9,14,19H,10-13,15H2,(H,24,25,26). The van der Waals surface area contributed by atoms with Crippen molar-refractivity contribution in [2.24, 2.45) is 0 Å². The normalized spacial score (nSPS) is 15.8. The van der Waals surface area contributed by atoms with Gasteiger partial charge in [-0.25, -0.2) is 9.97 Å². The number of rotatable bonds is 4. The summed E-state index contributed by atoms with van der Waals surface area (Å²) in [5, 5.41) is 3.42. The van der Waals surface area contributed by atoms with Crippen molar-refractivity contribution in [3.05, 3.63) is 77.5 Å². The Balaban J connectivity index is 1.47. The smallest absolute Gasteiger partial charge is 0.272 e. The van der Waals surface area contributed by atoms with Gasteiger partial charge in [0.15, 0.2) is 5.82 Å². The van der Waals surface area contributed by atoms with E-state index in [9.17, 15) is 4.79 Å². The second-order valence-electron chi connectivity index (χ2n) is 7.49. The van der Waals surface area contributed by atoms with Crippen molar-refractivity contribution < 1.29 is 4.79 Å². The van der Waals surface area contributed by atoms with Gasteiger partial charge in [0, 0.05) is 30.8 Å². The van der Waals surface area contributed by atoms with E-state index in [0.29, 0.717) is 30.6 Å². The first-order valence-electron chi connectivity index (χ1n) is 9.83. The molecule has 2 aromatic carbocycles. The summed E-state index contributed by atoms with van der Waals surface area (Å²) in [6.45, 7) is 1.34. The summed E-state index contributed by atoms with van der Waals surface area (Å²) in [4.78, 5) is 24.4. The van der Waals surface area contributed by atoms with Crippen LogP contribution >= 0.6 is 0 Å². The first-order chi connectivity index (χ1) is 13.8. The summed E-state index contributed by atoms with van der Waals surface area (Å²) in [5.74, 6) is 1.29. The van der Waals surface area contributed by atoms with Crippen molar-refractivity contribution in [3.63, 3.8) is 0 Å². The Morgan fingerprint density at radius 3 is 2.50 bits per heavy atom. The maximum absolute atomic E-state index is 13.3. The number of aromatic nitrogens is 2. The maximum Gasteiger partial charge on any atom is 0.272 e. The fourth-order valence-corrected chi connectivity index (χ4v) is 3.61. The molecule has 0 spiro atoms. The van der Waals surface area contributed by atoms with Gasteiger partial charge >= 0.3 is 0 Å². The maximum atomic E-state index is 13.3. The molecule has 1 amide bonds. The lowest BCUT2D eigenvalue weighted by Crippen LogP contribution is -2.36. The molecule has 3 aromatic rings. The Morgan fingerprint density at radius 2 is 1.71 bits per heavy atom. The molecule has 0 saturated heterocycles. The number of hydrogen-bond donors (Lipinski definition) is 1. The summed E-state index contributed by atoms with van der Waals surface area (Å²) in [7, 11) is 0. The average molecular weight is 370 g/mol. The Hall–Kier alpha value is -3.21. The largest absolute Gasteiger partial charge is 0.367 e. The van der Waals surface area contributed by atoms with Crippen LogP contribution in [0.4, 0.5) is 5.82 Å². The van der Waals surface area contributed by atoms with Crippen LogP contribution in [0.1, 0.15) is 34.5 Å². The monoisotopic (exact) mass is 370 g/mol. The summed E-state index contributed by atoms with van der Waals surface area (Å²) >= 11 is 0. The van der Waals surface area contributed by atoms with E-state index in [2.05, 4.69) is 33.5 Å². The van der Waals surface area contributed by atoms with E-state index in [-0.39, 0.29) is 5.91 Å². The number of benzene rings is 2. The first kappa shape index (κ1) is 16.9. The highest BCUT2D eigenvalue weighted by molar-refractivity contribution is 5.93. The number of nitrogens with one attached hydrogen (secondary N) is 1. The summed E-state index contributed by atoms with van der Waals surface area (Å²) in [5.41, 5.74) is 3.92. The number of anilines is 1. The zero-order valence-corrected chi connectivity index (χ0v) is 15.6. The van der Waals surface area contributed by atoms with Crippen molar-refractivity contribution in [3.8, 4) is 11.4 Å². The molecule has 1 fully saturated rings. The van der Waals surface area contributed by atoms with Gasteiger partial charge in [-0.05, 0) is 30.4 Å². The third-order valence-electron chi connectivity index (χ3n) is 5.32. The topological polar surface area (TPSA) is 58.1 Å². The lowest BCUT2D eigenvalue weighted by atomic mass is 10.00. The zero-order chi connectivity index (χ0) is 18.9. The lowest BCUT2D eigenvalue weighted by molar-refractivity contribution is 0.0728. The van der Waals surface area contributed by atoms with Crippen molar-refractivity contribution in [1.82, 2.24) is 14.9 Å². The Kier molecular flexibility index (Phi) is 4.28. The first-order valence-corrected chi connectivity index (χ1v) is 9.83. The molecule has 2 aliphatic rings. The van der Waals surface area contributed by atoms with Crippen molar-refractivity contribution in [1.29, 1.82) is 0 Å². The van der Waals surface area contributed by atoms with E-state index in [0.717, 1.165) is 30.6 Å². The van der Waals surface area contributed by atoms with Gasteiger partial charge in [0.1, 0.15) is 11.5 Å². The van der Waals surface area contributed by atoms with Crippen LogP contribution in [0, 0.1) is 0 Å². The Bertz CT molecular complexity index is 1010. The summed E-state index contributed by atoms with van der Waals surface area (Å²) in [6, 6.07) is 20.4. The van der Waals surface area contributed by atoms with E-state index in [1.54, 1.807) is 6.07 Å². The van der Waals surface area contributed by atoms with Crippen LogP contribution in [0.25, 0.3) is 11.4 Å². The number of fused-ring (bicyclic) bond motifs is 1. The molecular formula is C23H22N4O. The molecule has 0 radical (unpaired) electrons. The minimum absolute atomic E-state index is 0.0343. The molecule has 0 bridgehead atoms. The van der Waals surface area contributed by atoms with Crippen LogP contribution in [0.2, 0.25) is 0 Å². The molecule has 1 saturated carbocycles. The van der Waals surface area contributed by atoms with Crippen LogP contribution in [0.3, 0.4) is 0 Å². The number of amides is 1. The van der Waals surface area contributed by atoms with Gasteiger partial charge in [0.25, 0.3) is 5.91 Å². The molecule has 0 atom stereocenters. The molecular weight excluding hydrogens is 348 g/mol. The molecule has 140 valence electrons. The molecule has 1 aliphatic carbocycles. The van der Waals surface area contributed by atoms with Crippen molar-refractivity contribution in [2.75, 3.05) is 11.9 Å². The molecule has 2 heterocycles. The predicted octanol–water partition coefficient (Wildman–Crippen LogP) is 3.92.